The largest absolute Gasteiger partial charge is 0.378 e. The average molecular weight is 883 g/mol. The van der Waals surface area contributed by atoms with Gasteiger partial charge in [-0.3, -0.25) is 9.11 Å². The maximum Gasteiger partial charge on any atom is 0.292 e. The van der Waals surface area contributed by atoms with Crippen LogP contribution >= 0.6 is 0 Å². The maximum atomic E-state index is 13.5. The molecule has 5 aromatic rings. The molecule has 2 aromatic heterocycles. The topological polar surface area (TPSA) is 259 Å². The molecule has 2 saturated heterocycles. The van der Waals surface area contributed by atoms with E-state index < -0.39 is 36.3 Å². The van der Waals surface area contributed by atoms with Gasteiger partial charge >= 0.3 is 0 Å². The Balaban J connectivity index is 1.36. The molecule has 2 aliphatic heterocycles. The SMILES string of the molecule is O=S(=O)(O)C1(S(=O)(=O)O)CC=CC=C1C(Nc1nc(Nc2ccccc2)nc(N2CCOCC2)n1)=C(Nc1nc(Nc2ccccc2)nc(N2CCOCC2)n1)c1ccccc1. The lowest BCUT2D eigenvalue weighted by Gasteiger charge is -2.33. The summed E-state index contributed by atoms with van der Waals surface area (Å²) < 4.78 is 83.8. The highest BCUT2D eigenvalue weighted by molar-refractivity contribution is 8.05. The lowest BCUT2D eigenvalue weighted by atomic mass is 9.96. The zero-order valence-electron chi connectivity index (χ0n) is 33.0. The molecule has 20 nitrogen and oxygen atoms in total. The lowest BCUT2D eigenvalue weighted by molar-refractivity contribution is 0.122. The van der Waals surface area contributed by atoms with Gasteiger partial charge in [0.25, 0.3) is 24.3 Å². The Bertz CT molecular complexity index is 2670. The van der Waals surface area contributed by atoms with Gasteiger partial charge in [0.2, 0.25) is 35.7 Å². The molecular formula is C40H42N12O8S2. The summed E-state index contributed by atoms with van der Waals surface area (Å²) in [6.45, 7) is 3.45. The third-order valence-corrected chi connectivity index (χ3v) is 13.7. The molecule has 3 aliphatic rings. The summed E-state index contributed by atoms with van der Waals surface area (Å²) in [5.74, 6) is 0.505. The monoisotopic (exact) mass is 882 g/mol. The molecule has 0 unspecified atom stereocenters. The van der Waals surface area contributed by atoms with Crippen LogP contribution < -0.4 is 31.1 Å². The van der Waals surface area contributed by atoms with E-state index in [0.29, 0.717) is 69.5 Å². The van der Waals surface area contributed by atoms with Crippen LogP contribution in [0.2, 0.25) is 0 Å². The Hall–Kier alpha value is -6.56. The van der Waals surface area contributed by atoms with Gasteiger partial charge < -0.3 is 40.5 Å². The van der Waals surface area contributed by atoms with E-state index >= 15 is 0 Å². The minimum Gasteiger partial charge on any atom is -0.378 e. The fourth-order valence-electron chi connectivity index (χ4n) is 6.96. The molecule has 62 heavy (non-hydrogen) atoms. The Morgan fingerprint density at radius 1 is 0.565 bits per heavy atom. The second-order valence-electron chi connectivity index (χ2n) is 14.0. The number of aromatic nitrogens is 6. The normalized spacial score (nSPS) is 17.1. The van der Waals surface area contributed by atoms with Crippen LogP contribution in [0.15, 0.2) is 120 Å². The number of nitrogens with zero attached hydrogens (tertiary/aromatic N) is 8. The van der Waals surface area contributed by atoms with E-state index in [1.165, 1.54) is 18.2 Å². The zero-order valence-corrected chi connectivity index (χ0v) is 34.6. The summed E-state index contributed by atoms with van der Waals surface area (Å²) in [4.78, 5) is 32.0. The molecule has 0 amide bonds. The number of benzene rings is 3. The Morgan fingerprint density at radius 2 is 0.984 bits per heavy atom. The minimum atomic E-state index is -5.67. The van der Waals surface area contributed by atoms with Crippen molar-refractivity contribution in [3.8, 4) is 0 Å². The van der Waals surface area contributed by atoms with Crippen LogP contribution in [0.3, 0.4) is 0 Å². The van der Waals surface area contributed by atoms with Crippen LogP contribution in [0.5, 0.6) is 0 Å². The van der Waals surface area contributed by atoms with Gasteiger partial charge in [0.05, 0.1) is 37.8 Å². The van der Waals surface area contributed by atoms with Crippen molar-refractivity contribution in [3.63, 3.8) is 0 Å². The zero-order chi connectivity index (χ0) is 43.2. The highest BCUT2D eigenvalue weighted by Gasteiger charge is 2.59. The molecule has 4 heterocycles. The lowest BCUT2D eigenvalue weighted by Crippen LogP contribution is -2.49. The fraction of sp³-hybridized carbons (Fsp3) is 0.250. The first-order chi connectivity index (χ1) is 30.0. The number of hydrogen-bond acceptors (Lipinski definition) is 18. The number of para-hydroxylation sites is 2. The van der Waals surface area contributed by atoms with Crippen molar-refractivity contribution in [2.75, 3.05) is 83.7 Å². The summed E-state index contributed by atoms with van der Waals surface area (Å²) in [5.41, 5.74) is 0.817. The van der Waals surface area contributed by atoms with E-state index in [2.05, 4.69) is 31.2 Å². The van der Waals surface area contributed by atoms with E-state index in [1.54, 1.807) is 42.5 Å². The third kappa shape index (κ3) is 9.34. The van der Waals surface area contributed by atoms with Crippen LogP contribution in [0.4, 0.5) is 47.1 Å². The van der Waals surface area contributed by atoms with E-state index in [1.807, 2.05) is 58.3 Å². The van der Waals surface area contributed by atoms with Gasteiger partial charge in [-0.1, -0.05) is 85.0 Å². The van der Waals surface area contributed by atoms with Gasteiger partial charge in [0.15, 0.2) is 0 Å². The number of hydrogen-bond donors (Lipinski definition) is 6. The molecule has 0 spiro atoms. The Kier molecular flexibility index (Phi) is 12.4. The smallest absolute Gasteiger partial charge is 0.292 e. The molecule has 2 fully saturated rings. The summed E-state index contributed by atoms with van der Waals surface area (Å²) in [6.07, 6.45) is 2.92. The summed E-state index contributed by atoms with van der Waals surface area (Å²) >= 11 is 0. The molecule has 322 valence electrons. The van der Waals surface area contributed by atoms with Crippen molar-refractivity contribution < 1.29 is 35.4 Å². The molecule has 8 rings (SSSR count). The van der Waals surface area contributed by atoms with Crippen molar-refractivity contribution in [1.82, 2.24) is 29.9 Å². The number of ether oxygens (including phenoxy) is 2. The summed E-state index contributed by atoms with van der Waals surface area (Å²) in [6, 6.07) is 26.8. The van der Waals surface area contributed by atoms with Gasteiger partial charge in [-0.05, 0) is 24.3 Å². The van der Waals surface area contributed by atoms with Crippen molar-refractivity contribution in [2.24, 2.45) is 0 Å². The number of morpholine rings is 2. The first-order valence-electron chi connectivity index (χ1n) is 19.4. The van der Waals surface area contributed by atoms with E-state index in [9.17, 15) is 25.9 Å². The highest BCUT2D eigenvalue weighted by Crippen LogP contribution is 2.44. The van der Waals surface area contributed by atoms with Crippen molar-refractivity contribution in [3.05, 3.63) is 126 Å². The second kappa shape index (κ2) is 18.2. The molecule has 0 bridgehead atoms. The number of anilines is 8. The number of nitrogens with one attached hydrogen (secondary N) is 4. The van der Waals surface area contributed by atoms with Gasteiger partial charge in [-0.25, -0.2) is 0 Å². The predicted molar refractivity (Wildman–Crippen MR) is 233 cm³/mol. The maximum absolute atomic E-state index is 13.5. The van der Waals surface area contributed by atoms with E-state index in [4.69, 9.17) is 29.4 Å². The standard InChI is InChI=1S/C40H42N12O8S2/c53-61(54,55)40(62(56,57)58)19-11-10-18-31(40)33(44-37-46-35(42-30-16-8-3-9-17-30)48-39(50-37)52-22-26-60-27-23-52)32(28-12-4-1-5-13-28)43-36-45-34(41-29-14-6-2-7-15-29)47-38(49-36)51-20-24-59-25-21-51/h1-18H,19-27H2,(H,53,54,55)(H,56,57,58)(H2,41,43,45,47,49)(H2,42,44,46,48,50). The highest BCUT2D eigenvalue weighted by atomic mass is 32.3. The van der Waals surface area contributed by atoms with Crippen LogP contribution in [0.25, 0.3) is 5.70 Å². The van der Waals surface area contributed by atoms with Crippen LogP contribution in [0.1, 0.15) is 12.0 Å². The Labute approximate surface area is 357 Å². The quantitative estimate of drug-likeness (QED) is 0.0841. The van der Waals surface area contributed by atoms with Gasteiger partial charge in [-0.2, -0.15) is 46.7 Å². The predicted octanol–water partition coefficient (Wildman–Crippen LogP) is 4.47. The third-order valence-electron chi connectivity index (χ3n) is 9.98. The molecule has 22 heteroatoms. The molecule has 0 saturated carbocycles. The molecule has 0 radical (unpaired) electrons. The minimum absolute atomic E-state index is 0.000447. The molecule has 0 atom stereocenters. The van der Waals surface area contributed by atoms with Crippen LogP contribution in [-0.2, 0) is 29.7 Å². The van der Waals surface area contributed by atoms with Crippen molar-refractivity contribution >= 4 is 73.0 Å². The Morgan fingerprint density at radius 3 is 1.44 bits per heavy atom. The van der Waals surface area contributed by atoms with Gasteiger partial charge in [0.1, 0.15) is 0 Å². The second-order valence-corrected chi connectivity index (χ2v) is 17.6. The van der Waals surface area contributed by atoms with Crippen LogP contribution in [-0.4, -0.2) is 113 Å². The molecular weight excluding hydrogens is 841 g/mol. The average Bonchev–Trinajstić information content (AvgIpc) is 3.28. The van der Waals surface area contributed by atoms with Crippen molar-refractivity contribution in [1.29, 1.82) is 0 Å². The molecule has 6 N–H and O–H groups in total. The summed E-state index contributed by atoms with van der Waals surface area (Å²) in [5, 5.41) is 12.7. The van der Waals surface area contributed by atoms with E-state index in [-0.39, 0.29) is 47.1 Å². The summed E-state index contributed by atoms with van der Waals surface area (Å²) in [7, 11) is -11.3. The van der Waals surface area contributed by atoms with Gasteiger partial charge in [-0.15, -0.1) is 0 Å². The fourth-order valence-corrected chi connectivity index (χ4v) is 9.53. The van der Waals surface area contributed by atoms with E-state index in [0.717, 1.165) is 0 Å². The van der Waals surface area contributed by atoms with Crippen molar-refractivity contribution in [2.45, 2.75) is 10.5 Å². The molecule has 3 aromatic carbocycles. The van der Waals surface area contributed by atoms with Gasteiger partial charge in [0, 0.05) is 55.1 Å². The molecule has 1 aliphatic carbocycles. The van der Waals surface area contributed by atoms with Crippen LogP contribution in [0, 0.1) is 0 Å². The number of allylic oxidation sites excluding steroid dienone is 4. The first kappa shape index (κ1) is 42.1. The number of rotatable bonds is 14. The first-order valence-corrected chi connectivity index (χ1v) is 22.3.